The molecule has 2 aliphatic rings. The molecule has 1 aromatic rings. The Labute approximate surface area is 135 Å². The molecule has 23 heavy (non-hydrogen) atoms. The first-order valence-electron chi connectivity index (χ1n) is 7.90. The Kier molecular flexibility index (Phi) is 3.32. The van der Waals surface area contributed by atoms with Gasteiger partial charge in [-0.2, -0.15) is 0 Å². The van der Waals surface area contributed by atoms with Crippen molar-refractivity contribution in [2.45, 2.75) is 46.0 Å². The Morgan fingerprint density at radius 1 is 1.04 bits per heavy atom. The minimum atomic E-state index is -0.699. The van der Waals surface area contributed by atoms with E-state index in [4.69, 9.17) is 0 Å². The molecule has 0 atom stereocenters. The van der Waals surface area contributed by atoms with Crippen molar-refractivity contribution in [2.24, 2.45) is 5.92 Å². The fourth-order valence-corrected chi connectivity index (χ4v) is 3.60. The van der Waals surface area contributed by atoms with Gasteiger partial charge < -0.3 is 5.11 Å². The first-order chi connectivity index (χ1) is 10.7. The van der Waals surface area contributed by atoms with E-state index in [1.54, 1.807) is 19.9 Å². The zero-order chi connectivity index (χ0) is 17.1. The fourth-order valence-electron chi connectivity index (χ4n) is 3.60. The van der Waals surface area contributed by atoms with Gasteiger partial charge in [-0.25, -0.2) is 0 Å². The second-order valence-electron chi connectivity index (χ2n) is 7.29. The quantitative estimate of drug-likeness (QED) is 0.804. The molecule has 2 aliphatic carbocycles. The van der Waals surface area contributed by atoms with Gasteiger partial charge in [-0.1, -0.05) is 39.8 Å². The first-order valence-corrected chi connectivity index (χ1v) is 7.90. The lowest BCUT2D eigenvalue weighted by Gasteiger charge is -2.34. The van der Waals surface area contributed by atoms with Gasteiger partial charge >= 0.3 is 0 Å². The summed E-state index contributed by atoms with van der Waals surface area (Å²) < 4.78 is 0. The number of Topliss-reactive ketones (excluding diaryl/α,β-unsaturated/α-hetero) is 3. The maximum atomic E-state index is 12.7. The smallest absolute Gasteiger partial charge is 0.234 e. The van der Waals surface area contributed by atoms with Crippen LogP contribution in [0.3, 0.4) is 0 Å². The average molecular weight is 312 g/mol. The largest absolute Gasteiger partial charge is 0.507 e. The summed E-state index contributed by atoms with van der Waals surface area (Å²) in [7, 11) is 0. The molecule has 120 valence electrons. The highest BCUT2D eigenvalue weighted by Crippen LogP contribution is 2.42. The first kappa shape index (κ1) is 15.7. The highest BCUT2D eigenvalue weighted by atomic mass is 16.3. The summed E-state index contributed by atoms with van der Waals surface area (Å²) in [6, 6.07) is 3.47. The Hall–Kier alpha value is -2.23. The molecule has 0 radical (unpaired) electrons. The van der Waals surface area contributed by atoms with E-state index in [0.717, 1.165) is 5.56 Å². The maximum Gasteiger partial charge on any atom is 0.234 e. The number of benzene rings is 1. The number of allylic oxidation sites excluding steroid dienone is 1. The van der Waals surface area contributed by atoms with Crippen molar-refractivity contribution in [1.29, 1.82) is 0 Å². The van der Waals surface area contributed by atoms with E-state index in [9.17, 15) is 19.5 Å². The minimum absolute atomic E-state index is 0.0900. The van der Waals surface area contributed by atoms with Crippen LogP contribution in [0.4, 0.5) is 0 Å². The van der Waals surface area contributed by atoms with Gasteiger partial charge in [-0.3, -0.25) is 14.4 Å². The molecule has 1 N–H and O–H groups in total. The highest BCUT2D eigenvalue weighted by molar-refractivity contribution is 6.53. The summed E-state index contributed by atoms with van der Waals surface area (Å²) in [6.07, 6.45) is 1.05. The summed E-state index contributed by atoms with van der Waals surface area (Å²) in [4.78, 5) is 37.5. The van der Waals surface area contributed by atoms with Crippen LogP contribution in [-0.4, -0.2) is 22.5 Å². The molecule has 0 saturated heterocycles. The normalized spacial score (nSPS) is 20.0. The van der Waals surface area contributed by atoms with Crippen LogP contribution < -0.4 is 0 Å². The molecule has 0 aliphatic heterocycles. The molecule has 0 amide bonds. The molecular weight excluding hydrogens is 292 g/mol. The second-order valence-corrected chi connectivity index (χ2v) is 7.29. The topological polar surface area (TPSA) is 71.4 Å². The summed E-state index contributed by atoms with van der Waals surface area (Å²) in [5.74, 6) is -1.93. The number of ketones is 3. The fraction of sp³-hybridized carbons (Fsp3) is 0.421. The zero-order valence-electron chi connectivity index (χ0n) is 13.8. The predicted molar refractivity (Wildman–Crippen MR) is 86.8 cm³/mol. The maximum absolute atomic E-state index is 12.7. The summed E-state index contributed by atoms with van der Waals surface area (Å²) in [5.41, 5.74) is 1.40. The number of carbonyl (C=O) groups excluding carboxylic acids is 3. The molecular formula is C19H20O4. The number of fused-ring (bicyclic) bond motifs is 3. The standard InChI is InChI=1S/C19H20O4/c1-9(2)13-16(21)10-5-6-11-15(14(10)18(23)17(13)22)12(20)7-8-19(11,3)4/h5-6,9,21H,7-8H2,1-4H3. The number of hydrogen-bond acceptors (Lipinski definition) is 4. The lowest BCUT2D eigenvalue weighted by molar-refractivity contribution is -0.112. The van der Waals surface area contributed by atoms with Crippen LogP contribution in [-0.2, 0) is 10.2 Å². The van der Waals surface area contributed by atoms with Crippen molar-refractivity contribution >= 4 is 23.1 Å². The van der Waals surface area contributed by atoms with Crippen molar-refractivity contribution in [3.05, 3.63) is 40.0 Å². The predicted octanol–water partition coefficient (Wildman–Crippen LogP) is 3.63. The van der Waals surface area contributed by atoms with Crippen LogP contribution in [0.25, 0.3) is 5.76 Å². The van der Waals surface area contributed by atoms with E-state index in [1.807, 2.05) is 19.9 Å². The number of aliphatic hydroxyl groups excluding tert-OH is 1. The van der Waals surface area contributed by atoms with Gasteiger partial charge in [0.05, 0.1) is 0 Å². The molecule has 4 heteroatoms. The van der Waals surface area contributed by atoms with Crippen LogP contribution in [0.1, 0.15) is 72.4 Å². The molecule has 4 nitrogen and oxygen atoms in total. The van der Waals surface area contributed by atoms with Crippen molar-refractivity contribution in [1.82, 2.24) is 0 Å². The number of rotatable bonds is 1. The van der Waals surface area contributed by atoms with Crippen molar-refractivity contribution in [3.63, 3.8) is 0 Å². The second kappa shape index (κ2) is 4.88. The minimum Gasteiger partial charge on any atom is -0.507 e. The van der Waals surface area contributed by atoms with Gasteiger partial charge in [0.15, 0.2) is 5.78 Å². The van der Waals surface area contributed by atoms with E-state index in [1.165, 1.54) is 0 Å². The molecule has 0 unspecified atom stereocenters. The molecule has 0 aromatic heterocycles. The molecule has 0 heterocycles. The third-order valence-corrected chi connectivity index (χ3v) is 4.96. The van der Waals surface area contributed by atoms with Gasteiger partial charge in [-0.15, -0.1) is 0 Å². The monoisotopic (exact) mass is 312 g/mol. The SMILES string of the molecule is CC(C)C1=C(O)c2ccc3c(c2C(=O)C1=O)C(=O)CCC3(C)C. The molecule has 0 fully saturated rings. The Bertz CT molecular complexity index is 794. The van der Waals surface area contributed by atoms with E-state index in [0.29, 0.717) is 24.0 Å². The van der Waals surface area contributed by atoms with Gasteiger partial charge in [0.2, 0.25) is 11.6 Å². The Balaban J connectivity index is 2.39. The van der Waals surface area contributed by atoms with Crippen LogP contribution >= 0.6 is 0 Å². The van der Waals surface area contributed by atoms with Crippen molar-refractivity contribution < 1.29 is 19.5 Å². The number of carbonyl (C=O) groups is 3. The van der Waals surface area contributed by atoms with Gasteiger partial charge in [0.1, 0.15) is 5.76 Å². The van der Waals surface area contributed by atoms with Gasteiger partial charge in [-0.05, 0) is 23.3 Å². The molecule has 0 saturated carbocycles. The lowest BCUT2D eigenvalue weighted by Crippen LogP contribution is -2.34. The average Bonchev–Trinajstić information content (AvgIpc) is 2.48. The van der Waals surface area contributed by atoms with Crippen LogP contribution in [0.15, 0.2) is 17.7 Å². The highest BCUT2D eigenvalue weighted by Gasteiger charge is 2.41. The van der Waals surface area contributed by atoms with Crippen LogP contribution in [0.2, 0.25) is 0 Å². The Morgan fingerprint density at radius 3 is 2.30 bits per heavy atom. The van der Waals surface area contributed by atoms with E-state index in [-0.39, 0.29) is 34.0 Å². The van der Waals surface area contributed by atoms with Gasteiger partial charge in [0, 0.05) is 28.7 Å². The molecule has 0 bridgehead atoms. The molecule has 1 aromatic carbocycles. The summed E-state index contributed by atoms with van der Waals surface area (Å²) in [5, 5.41) is 10.5. The van der Waals surface area contributed by atoms with Crippen molar-refractivity contribution in [3.8, 4) is 0 Å². The van der Waals surface area contributed by atoms with Crippen LogP contribution in [0, 0.1) is 5.92 Å². The third kappa shape index (κ3) is 2.08. The van der Waals surface area contributed by atoms with E-state index < -0.39 is 11.6 Å². The van der Waals surface area contributed by atoms with E-state index >= 15 is 0 Å². The molecule has 0 spiro atoms. The lowest BCUT2D eigenvalue weighted by atomic mass is 9.68. The van der Waals surface area contributed by atoms with E-state index in [2.05, 4.69) is 0 Å². The van der Waals surface area contributed by atoms with Crippen LogP contribution in [0.5, 0.6) is 0 Å². The third-order valence-electron chi connectivity index (χ3n) is 4.96. The summed E-state index contributed by atoms with van der Waals surface area (Å²) in [6.45, 7) is 7.56. The zero-order valence-corrected chi connectivity index (χ0v) is 13.8. The van der Waals surface area contributed by atoms with Gasteiger partial charge in [0.25, 0.3) is 0 Å². The Morgan fingerprint density at radius 2 is 1.70 bits per heavy atom. The number of hydrogen-bond donors (Lipinski definition) is 1. The number of aliphatic hydroxyl groups is 1. The van der Waals surface area contributed by atoms with Crippen molar-refractivity contribution in [2.75, 3.05) is 0 Å². The molecule has 3 rings (SSSR count). The summed E-state index contributed by atoms with van der Waals surface area (Å²) >= 11 is 0.